The van der Waals surface area contributed by atoms with Crippen molar-refractivity contribution in [1.29, 1.82) is 0 Å². The van der Waals surface area contributed by atoms with Gasteiger partial charge in [0, 0.05) is 11.1 Å². The van der Waals surface area contributed by atoms with Gasteiger partial charge in [0.05, 0.1) is 12.7 Å². The Kier molecular flexibility index (Phi) is 5.35. The van der Waals surface area contributed by atoms with Crippen molar-refractivity contribution in [3.63, 3.8) is 0 Å². The highest BCUT2D eigenvalue weighted by molar-refractivity contribution is 7.16. The highest BCUT2D eigenvalue weighted by Gasteiger charge is 2.24. The third-order valence-electron chi connectivity index (χ3n) is 3.41. The van der Waals surface area contributed by atoms with Crippen molar-refractivity contribution in [1.82, 2.24) is 9.78 Å². The Morgan fingerprint density at radius 2 is 2.17 bits per heavy atom. The van der Waals surface area contributed by atoms with Crippen LogP contribution in [0.2, 0.25) is 0 Å². The summed E-state index contributed by atoms with van der Waals surface area (Å²) in [5.41, 5.74) is 0.185. The second kappa shape index (κ2) is 7.26. The molecule has 0 saturated carbocycles. The van der Waals surface area contributed by atoms with Crippen molar-refractivity contribution >= 4 is 34.2 Å². The smallest absolute Gasteiger partial charge is 0.354 e. The zero-order chi connectivity index (χ0) is 17.9. The first-order valence-electron chi connectivity index (χ1n) is 7.17. The summed E-state index contributed by atoms with van der Waals surface area (Å²) in [6.45, 7) is 3.46. The molecule has 2 aromatic rings. The molecule has 24 heavy (non-hydrogen) atoms. The van der Waals surface area contributed by atoms with Gasteiger partial charge in [-0.15, -0.1) is 11.3 Å². The standard InChI is InChI=1S/C15H17N3O5S/c1-4-9-7-10(15(22)23-3)13(24-9)17-12(19)8(2)18-11(14(20)21)5-6-16-18/h5-8H,4H2,1-3H3,(H,17,19)(H,20,21). The third-order valence-corrected chi connectivity index (χ3v) is 4.60. The average Bonchev–Trinajstić information content (AvgIpc) is 3.20. The number of hydrogen-bond acceptors (Lipinski definition) is 6. The molecule has 0 fully saturated rings. The maximum Gasteiger partial charge on any atom is 0.354 e. The summed E-state index contributed by atoms with van der Waals surface area (Å²) < 4.78 is 5.84. The van der Waals surface area contributed by atoms with E-state index in [2.05, 4.69) is 10.4 Å². The van der Waals surface area contributed by atoms with Crippen LogP contribution in [0, 0.1) is 0 Å². The second-order valence-corrected chi connectivity index (χ2v) is 6.07. The number of esters is 1. The van der Waals surface area contributed by atoms with Gasteiger partial charge in [0.2, 0.25) is 5.91 Å². The number of methoxy groups -OCH3 is 1. The SMILES string of the molecule is CCc1cc(C(=O)OC)c(NC(=O)C(C)n2nccc2C(=O)O)s1. The summed E-state index contributed by atoms with van der Waals surface area (Å²) in [5, 5.41) is 16.0. The number of thiophene rings is 1. The van der Waals surface area contributed by atoms with E-state index in [4.69, 9.17) is 9.84 Å². The van der Waals surface area contributed by atoms with E-state index < -0.39 is 23.9 Å². The van der Waals surface area contributed by atoms with E-state index in [0.29, 0.717) is 11.4 Å². The Labute approximate surface area is 142 Å². The van der Waals surface area contributed by atoms with Crippen LogP contribution in [0.15, 0.2) is 18.3 Å². The average molecular weight is 351 g/mol. The summed E-state index contributed by atoms with van der Waals surface area (Å²) in [5.74, 6) is -2.19. The van der Waals surface area contributed by atoms with Gasteiger partial charge in [-0.25, -0.2) is 14.3 Å². The normalized spacial score (nSPS) is 11.8. The predicted octanol–water partition coefficient (Wildman–Crippen LogP) is 2.19. The molecule has 2 heterocycles. The zero-order valence-corrected chi connectivity index (χ0v) is 14.2. The molecule has 0 aliphatic rings. The minimum absolute atomic E-state index is 0.0914. The van der Waals surface area contributed by atoms with E-state index in [1.165, 1.54) is 37.6 Å². The molecule has 1 atom stereocenters. The molecule has 0 aromatic carbocycles. The number of carbonyl (C=O) groups excluding carboxylic acids is 2. The minimum Gasteiger partial charge on any atom is -0.477 e. The number of aromatic carboxylic acids is 1. The van der Waals surface area contributed by atoms with Crippen molar-refractivity contribution in [3.8, 4) is 0 Å². The molecule has 128 valence electrons. The molecule has 2 rings (SSSR count). The second-order valence-electron chi connectivity index (χ2n) is 4.93. The van der Waals surface area contributed by atoms with E-state index in [0.717, 1.165) is 9.56 Å². The van der Waals surface area contributed by atoms with Crippen molar-refractivity contribution in [2.75, 3.05) is 12.4 Å². The van der Waals surface area contributed by atoms with Gasteiger partial charge in [-0.2, -0.15) is 5.10 Å². The van der Waals surface area contributed by atoms with Crippen LogP contribution in [0.1, 0.15) is 45.6 Å². The number of carboxylic acids is 1. The molecular formula is C15H17N3O5S. The van der Waals surface area contributed by atoms with Gasteiger partial charge in [-0.3, -0.25) is 4.79 Å². The van der Waals surface area contributed by atoms with Crippen LogP contribution in [0.25, 0.3) is 0 Å². The van der Waals surface area contributed by atoms with Gasteiger partial charge in [0.15, 0.2) is 0 Å². The van der Waals surface area contributed by atoms with E-state index >= 15 is 0 Å². The molecule has 0 saturated heterocycles. The summed E-state index contributed by atoms with van der Waals surface area (Å²) in [4.78, 5) is 36.3. The van der Waals surface area contributed by atoms with E-state index in [1.54, 1.807) is 6.07 Å². The van der Waals surface area contributed by atoms with Gasteiger partial charge in [-0.05, 0) is 25.5 Å². The van der Waals surface area contributed by atoms with Gasteiger partial charge < -0.3 is 15.2 Å². The van der Waals surface area contributed by atoms with Crippen LogP contribution in [-0.2, 0) is 16.0 Å². The van der Waals surface area contributed by atoms with Crippen LogP contribution in [0.5, 0.6) is 0 Å². The largest absolute Gasteiger partial charge is 0.477 e. The van der Waals surface area contributed by atoms with Crippen LogP contribution in [0.4, 0.5) is 5.00 Å². The number of carbonyl (C=O) groups is 3. The van der Waals surface area contributed by atoms with Gasteiger partial charge in [-0.1, -0.05) is 6.92 Å². The maximum atomic E-state index is 12.4. The van der Waals surface area contributed by atoms with Crippen molar-refractivity contribution in [3.05, 3.63) is 34.5 Å². The minimum atomic E-state index is -1.17. The van der Waals surface area contributed by atoms with Crippen LogP contribution in [-0.4, -0.2) is 39.8 Å². The first-order valence-corrected chi connectivity index (χ1v) is 7.99. The number of carboxylic acid groups (broad SMARTS) is 1. The highest BCUT2D eigenvalue weighted by atomic mass is 32.1. The van der Waals surface area contributed by atoms with Gasteiger partial charge >= 0.3 is 11.9 Å². The molecule has 0 bridgehead atoms. The van der Waals surface area contributed by atoms with Gasteiger partial charge in [0.1, 0.15) is 16.7 Å². The fourth-order valence-corrected chi connectivity index (χ4v) is 3.08. The molecule has 0 radical (unpaired) electrons. The highest BCUT2D eigenvalue weighted by Crippen LogP contribution is 2.30. The zero-order valence-electron chi connectivity index (χ0n) is 13.4. The number of hydrogen-bond donors (Lipinski definition) is 2. The Morgan fingerprint density at radius 3 is 2.75 bits per heavy atom. The molecular weight excluding hydrogens is 334 g/mol. The lowest BCUT2D eigenvalue weighted by Gasteiger charge is -2.14. The number of aromatic nitrogens is 2. The fourth-order valence-electron chi connectivity index (χ4n) is 2.09. The van der Waals surface area contributed by atoms with E-state index in [-0.39, 0.29) is 11.3 Å². The quantitative estimate of drug-likeness (QED) is 0.772. The number of nitrogens with one attached hydrogen (secondary N) is 1. The van der Waals surface area contributed by atoms with Crippen molar-refractivity contribution in [2.24, 2.45) is 0 Å². The molecule has 2 N–H and O–H groups in total. The summed E-state index contributed by atoms with van der Waals surface area (Å²) in [7, 11) is 1.27. The fraction of sp³-hybridized carbons (Fsp3) is 0.333. The monoisotopic (exact) mass is 351 g/mol. The molecule has 2 aromatic heterocycles. The molecule has 1 amide bonds. The molecule has 0 aliphatic carbocycles. The molecule has 1 unspecified atom stereocenters. The molecule has 8 nitrogen and oxygen atoms in total. The molecule has 9 heteroatoms. The van der Waals surface area contributed by atoms with Crippen LogP contribution < -0.4 is 5.32 Å². The Bertz CT molecular complexity index is 780. The van der Waals surface area contributed by atoms with Crippen molar-refractivity contribution in [2.45, 2.75) is 26.3 Å². The number of rotatable bonds is 6. The number of nitrogens with zero attached hydrogens (tertiary/aromatic N) is 2. The first-order chi connectivity index (χ1) is 11.4. The molecule has 0 spiro atoms. The maximum absolute atomic E-state index is 12.4. The lowest BCUT2D eigenvalue weighted by Crippen LogP contribution is -2.27. The summed E-state index contributed by atoms with van der Waals surface area (Å²) in [6, 6.07) is 2.13. The molecule has 0 aliphatic heterocycles. The topological polar surface area (TPSA) is 111 Å². The van der Waals surface area contributed by atoms with Crippen molar-refractivity contribution < 1.29 is 24.2 Å². The Hall–Kier alpha value is -2.68. The Balaban J connectivity index is 2.26. The van der Waals surface area contributed by atoms with E-state index in [1.807, 2.05) is 6.92 Å². The summed E-state index contributed by atoms with van der Waals surface area (Å²) >= 11 is 1.28. The number of anilines is 1. The van der Waals surface area contributed by atoms with Crippen LogP contribution >= 0.6 is 11.3 Å². The van der Waals surface area contributed by atoms with Crippen LogP contribution in [0.3, 0.4) is 0 Å². The number of aryl methyl sites for hydroxylation is 1. The summed E-state index contributed by atoms with van der Waals surface area (Å²) in [6.07, 6.45) is 2.02. The first kappa shape index (κ1) is 17.7. The number of ether oxygens (including phenoxy) is 1. The van der Waals surface area contributed by atoms with E-state index in [9.17, 15) is 14.4 Å². The number of amides is 1. The Morgan fingerprint density at radius 1 is 1.46 bits per heavy atom. The van der Waals surface area contributed by atoms with Gasteiger partial charge in [0.25, 0.3) is 0 Å². The lowest BCUT2D eigenvalue weighted by atomic mass is 10.2. The predicted molar refractivity (Wildman–Crippen MR) is 87.6 cm³/mol. The lowest BCUT2D eigenvalue weighted by molar-refractivity contribution is -0.119. The third kappa shape index (κ3) is 3.46.